The van der Waals surface area contributed by atoms with Crippen LogP contribution in [0.1, 0.15) is 18.0 Å². The SMILES string of the molecule is Cl.Oc1c(I)cc([C@@H](CC(F)F)N2CCNCC2)cc1I. The molecule has 1 saturated heterocycles. The predicted molar refractivity (Wildman–Crippen MR) is 98.6 cm³/mol. The number of hydrogen-bond acceptors (Lipinski definition) is 3. The van der Waals surface area contributed by atoms with Crippen LogP contribution < -0.4 is 5.32 Å². The quantitative estimate of drug-likeness (QED) is 0.569. The van der Waals surface area contributed by atoms with Crippen molar-refractivity contribution < 1.29 is 13.9 Å². The van der Waals surface area contributed by atoms with Crippen molar-refractivity contribution in [3.63, 3.8) is 0 Å². The highest BCUT2D eigenvalue weighted by Crippen LogP contribution is 2.34. The first-order chi connectivity index (χ1) is 9.49. The first-order valence-electron chi connectivity index (χ1n) is 6.40. The fourth-order valence-electron chi connectivity index (χ4n) is 2.44. The average Bonchev–Trinajstić information content (AvgIpc) is 2.42. The molecule has 120 valence electrons. The molecule has 0 aliphatic carbocycles. The molecular weight excluding hydrogens is 527 g/mol. The molecule has 0 saturated carbocycles. The summed E-state index contributed by atoms with van der Waals surface area (Å²) in [7, 11) is 0. The van der Waals surface area contributed by atoms with E-state index in [1.807, 2.05) is 57.3 Å². The molecule has 0 radical (unpaired) electrons. The summed E-state index contributed by atoms with van der Waals surface area (Å²) in [4.78, 5) is 2.10. The fraction of sp³-hybridized carbons (Fsp3) is 0.538. The van der Waals surface area contributed by atoms with Gasteiger partial charge in [-0.1, -0.05) is 0 Å². The zero-order valence-electron chi connectivity index (χ0n) is 11.2. The number of nitrogens with zero attached hydrogens (tertiary/aromatic N) is 1. The van der Waals surface area contributed by atoms with E-state index >= 15 is 0 Å². The van der Waals surface area contributed by atoms with Crippen LogP contribution in [0.25, 0.3) is 0 Å². The maximum Gasteiger partial charge on any atom is 0.240 e. The largest absolute Gasteiger partial charge is 0.506 e. The van der Waals surface area contributed by atoms with Gasteiger partial charge in [-0.3, -0.25) is 4.90 Å². The monoisotopic (exact) mass is 544 g/mol. The Labute approximate surface area is 156 Å². The summed E-state index contributed by atoms with van der Waals surface area (Å²) in [5, 5.41) is 13.1. The lowest BCUT2D eigenvalue weighted by Gasteiger charge is -2.35. The number of phenolic OH excluding ortho intramolecular Hbond substituents is 1. The maximum absolute atomic E-state index is 12.9. The van der Waals surface area contributed by atoms with Gasteiger partial charge in [0.05, 0.1) is 7.14 Å². The molecule has 2 N–H and O–H groups in total. The smallest absolute Gasteiger partial charge is 0.240 e. The molecule has 2 rings (SSSR count). The van der Waals surface area contributed by atoms with Gasteiger partial charge in [-0.15, -0.1) is 12.4 Å². The van der Waals surface area contributed by atoms with Crippen LogP contribution >= 0.6 is 57.6 Å². The molecule has 1 heterocycles. The van der Waals surface area contributed by atoms with E-state index in [-0.39, 0.29) is 30.6 Å². The third kappa shape index (κ3) is 5.29. The molecule has 1 aromatic rings. The number of hydrogen-bond donors (Lipinski definition) is 2. The number of piperazine rings is 1. The van der Waals surface area contributed by atoms with E-state index in [9.17, 15) is 13.9 Å². The summed E-state index contributed by atoms with van der Waals surface area (Å²) >= 11 is 4.08. The summed E-state index contributed by atoms with van der Waals surface area (Å²) < 4.78 is 27.2. The van der Waals surface area contributed by atoms with E-state index in [4.69, 9.17) is 0 Å². The summed E-state index contributed by atoms with van der Waals surface area (Å²) in [6.07, 6.45) is -2.50. The normalized spacial score (nSPS) is 17.6. The van der Waals surface area contributed by atoms with Crippen LogP contribution in [0.2, 0.25) is 0 Å². The van der Waals surface area contributed by atoms with Crippen LogP contribution in [0.3, 0.4) is 0 Å². The first kappa shape index (κ1) is 19.6. The van der Waals surface area contributed by atoms with E-state index in [0.717, 1.165) is 31.7 Å². The van der Waals surface area contributed by atoms with Crippen molar-refractivity contribution in [1.82, 2.24) is 10.2 Å². The minimum atomic E-state index is -2.33. The van der Waals surface area contributed by atoms with Crippen molar-refractivity contribution in [3.05, 3.63) is 24.8 Å². The van der Waals surface area contributed by atoms with Gasteiger partial charge in [0.25, 0.3) is 0 Å². The number of halogens is 5. The van der Waals surface area contributed by atoms with Gasteiger partial charge in [-0.25, -0.2) is 8.78 Å². The lowest BCUT2D eigenvalue weighted by Crippen LogP contribution is -2.45. The molecule has 1 atom stereocenters. The Kier molecular flexibility index (Phi) is 8.39. The Morgan fingerprint density at radius 1 is 1.19 bits per heavy atom. The number of alkyl halides is 2. The van der Waals surface area contributed by atoms with Gasteiger partial charge >= 0.3 is 0 Å². The molecule has 0 bridgehead atoms. The molecular formula is C13H17ClF2I2N2O. The van der Waals surface area contributed by atoms with Gasteiger partial charge in [0, 0.05) is 38.6 Å². The third-order valence-electron chi connectivity index (χ3n) is 3.42. The minimum Gasteiger partial charge on any atom is -0.506 e. The van der Waals surface area contributed by atoms with E-state index < -0.39 is 6.43 Å². The Balaban J connectivity index is 0.00000220. The molecule has 1 aliphatic heterocycles. The Morgan fingerprint density at radius 3 is 2.19 bits per heavy atom. The third-order valence-corrected chi connectivity index (χ3v) is 5.06. The Hall–Kier alpha value is 0.550. The van der Waals surface area contributed by atoms with Crippen LogP contribution in [0.5, 0.6) is 5.75 Å². The second kappa shape index (κ2) is 8.99. The molecule has 0 aromatic heterocycles. The summed E-state index contributed by atoms with van der Waals surface area (Å²) in [5.41, 5.74) is 0.860. The minimum absolute atomic E-state index is 0. The highest BCUT2D eigenvalue weighted by molar-refractivity contribution is 14.1. The lowest BCUT2D eigenvalue weighted by atomic mass is 10.0. The van der Waals surface area contributed by atoms with Gasteiger partial charge in [-0.05, 0) is 62.9 Å². The van der Waals surface area contributed by atoms with Gasteiger partial charge in [0.1, 0.15) is 5.75 Å². The van der Waals surface area contributed by atoms with Gasteiger partial charge in [-0.2, -0.15) is 0 Å². The molecule has 1 aromatic carbocycles. The summed E-state index contributed by atoms with van der Waals surface area (Å²) in [5.74, 6) is 0.228. The van der Waals surface area contributed by atoms with E-state index in [2.05, 4.69) is 10.2 Å². The average molecular weight is 545 g/mol. The Morgan fingerprint density at radius 2 is 1.71 bits per heavy atom. The maximum atomic E-state index is 12.9. The molecule has 1 fully saturated rings. The van der Waals surface area contributed by atoms with Crippen LogP contribution in [0, 0.1) is 7.14 Å². The van der Waals surface area contributed by atoms with Crippen LogP contribution in [0.15, 0.2) is 12.1 Å². The second-order valence-electron chi connectivity index (χ2n) is 4.76. The van der Waals surface area contributed by atoms with Gasteiger partial charge in [0.15, 0.2) is 0 Å². The van der Waals surface area contributed by atoms with E-state index in [0.29, 0.717) is 7.14 Å². The van der Waals surface area contributed by atoms with Crippen molar-refractivity contribution in [2.75, 3.05) is 26.2 Å². The fourth-order valence-corrected chi connectivity index (χ4v) is 4.25. The highest BCUT2D eigenvalue weighted by Gasteiger charge is 2.26. The lowest BCUT2D eigenvalue weighted by molar-refractivity contribution is 0.0738. The first-order valence-corrected chi connectivity index (χ1v) is 8.55. The number of rotatable bonds is 4. The van der Waals surface area contributed by atoms with Crippen molar-refractivity contribution in [3.8, 4) is 5.75 Å². The van der Waals surface area contributed by atoms with E-state index in [1.54, 1.807) is 0 Å². The van der Waals surface area contributed by atoms with Crippen molar-refractivity contribution >= 4 is 57.6 Å². The van der Waals surface area contributed by atoms with E-state index in [1.165, 1.54) is 0 Å². The van der Waals surface area contributed by atoms with Crippen molar-refractivity contribution in [2.24, 2.45) is 0 Å². The summed E-state index contributed by atoms with van der Waals surface area (Å²) in [6, 6.07) is 3.33. The topological polar surface area (TPSA) is 35.5 Å². The van der Waals surface area contributed by atoms with Crippen molar-refractivity contribution in [1.29, 1.82) is 0 Å². The molecule has 8 heteroatoms. The number of aromatic hydroxyl groups is 1. The molecule has 21 heavy (non-hydrogen) atoms. The molecule has 1 aliphatic rings. The number of phenols is 1. The van der Waals surface area contributed by atoms with Gasteiger partial charge < -0.3 is 10.4 Å². The molecule has 0 unspecified atom stereocenters. The molecule has 3 nitrogen and oxygen atoms in total. The van der Waals surface area contributed by atoms with Gasteiger partial charge in [0.2, 0.25) is 6.43 Å². The Bertz CT molecular complexity index is 450. The predicted octanol–water partition coefficient (Wildman–Crippen LogP) is 3.62. The molecule has 0 amide bonds. The second-order valence-corrected chi connectivity index (χ2v) is 7.09. The van der Waals surface area contributed by atoms with Crippen LogP contribution in [-0.4, -0.2) is 42.6 Å². The van der Waals surface area contributed by atoms with Crippen LogP contribution in [-0.2, 0) is 0 Å². The molecule has 0 spiro atoms. The van der Waals surface area contributed by atoms with Crippen LogP contribution in [0.4, 0.5) is 8.78 Å². The number of benzene rings is 1. The van der Waals surface area contributed by atoms with Crippen molar-refractivity contribution in [2.45, 2.75) is 18.9 Å². The highest BCUT2D eigenvalue weighted by atomic mass is 127. The zero-order chi connectivity index (χ0) is 14.7. The zero-order valence-corrected chi connectivity index (χ0v) is 16.3. The summed E-state index contributed by atoms with van der Waals surface area (Å²) in [6.45, 7) is 3.19. The standard InChI is InChI=1S/C13H16F2I2N2O.ClH/c14-12(15)7-11(19-3-1-18-2-4-19)8-5-9(16)13(20)10(17)6-8;/h5-6,11-12,18,20H,1-4,7H2;1H/t11-;/m1./s1. The number of nitrogens with one attached hydrogen (secondary N) is 1.